The van der Waals surface area contributed by atoms with E-state index in [2.05, 4.69) is 58.3 Å². The van der Waals surface area contributed by atoms with Gasteiger partial charge >= 0.3 is 0 Å². The molecule has 0 aliphatic carbocycles. The number of nitrogens with one attached hydrogen (secondary N) is 4. The van der Waals surface area contributed by atoms with E-state index in [-0.39, 0.29) is 5.41 Å². The zero-order valence-electron chi connectivity index (χ0n) is 23.3. The number of benzene rings is 1. The Morgan fingerprint density at radius 3 is 2.52 bits per heavy atom. The number of alkyl halides is 2. The minimum absolute atomic E-state index is 0.0230. The number of nitrogens with zero attached hydrogens (tertiary/aromatic N) is 3. The lowest BCUT2D eigenvalue weighted by Crippen LogP contribution is -2.53. The van der Waals surface area contributed by atoms with Gasteiger partial charge in [-0.2, -0.15) is 4.39 Å². The lowest BCUT2D eigenvalue weighted by Gasteiger charge is -2.33. The van der Waals surface area contributed by atoms with Crippen LogP contribution in [0.3, 0.4) is 0 Å². The Hall–Kier alpha value is -3.68. The van der Waals surface area contributed by atoms with Crippen LogP contribution in [0.1, 0.15) is 57.5 Å². The molecule has 1 aliphatic rings. The molecule has 40 heavy (non-hydrogen) atoms. The predicted molar refractivity (Wildman–Crippen MR) is 154 cm³/mol. The van der Waals surface area contributed by atoms with E-state index in [1.807, 2.05) is 6.07 Å². The number of aryl methyl sites for hydroxylation is 1. The first-order valence-electron chi connectivity index (χ1n) is 12.7. The Morgan fingerprint density at radius 2 is 1.90 bits per heavy atom. The number of halogens is 4. The Bertz CT molecular complexity index is 1490. The van der Waals surface area contributed by atoms with Crippen LogP contribution in [0, 0.1) is 30.6 Å². The minimum atomic E-state index is -2.63. The fraction of sp³-hybridized carbons (Fsp3) is 0.379. The molecule has 2 aromatic heterocycles. The van der Waals surface area contributed by atoms with Crippen molar-refractivity contribution >= 4 is 33.9 Å². The Labute approximate surface area is 237 Å². The quantitative estimate of drug-likeness (QED) is 0.181. The Kier molecular flexibility index (Phi) is 8.11. The Morgan fingerprint density at radius 1 is 1.18 bits per heavy atom. The van der Waals surface area contributed by atoms with Crippen molar-refractivity contribution in [3.8, 4) is 12.3 Å². The number of aromatic nitrogens is 2. The number of pyridine rings is 2. The molecule has 3 heterocycles. The number of fused-ring (bicyclic) bond motifs is 1. The van der Waals surface area contributed by atoms with Crippen molar-refractivity contribution in [2.45, 2.75) is 59.5 Å². The highest BCUT2D eigenvalue weighted by atomic mass is 35.5. The lowest BCUT2D eigenvalue weighted by molar-refractivity contribution is -0.0311. The average molecular weight is 572 g/mol. The SMILES string of the molecule is C#Cc1cnc2c(Cl)cc(N[C@H](C3=CN(C(C)(C)C(F)F)NN3)c3ccc(F)nc3C)cc2c1NCC(C)(C)C. The van der Waals surface area contributed by atoms with Gasteiger partial charge in [-0.3, -0.25) is 9.99 Å². The fourth-order valence-corrected chi connectivity index (χ4v) is 4.49. The standard InChI is InChI=1S/C29H33ClF3N7/c1-8-17-13-34-25-20(24(17)35-15-28(3,4)5)11-18(12-21(25)30)37-26(19-9-10-23(31)36-16(19)2)22-14-40(39-38-22)29(6,7)27(32)33/h1,9-14,26-27,37-39H,15H2,2-7H3,(H,34,35)/t26-/m0/s1. The number of anilines is 2. The van der Waals surface area contributed by atoms with Crippen LogP contribution < -0.4 is 21.6 Å². The summed E-state index contributed by atoms with van der Waals surface area (Å²) >= 11 is 6.70. The highest BCUT2D eigenvalue weighted by molar-refractivity contribution is 6.35. The largest absolute Gasteiger partial charge is 0.383 e. The molecule has 1 atom stereocenters. The normalized spacial score (nSPS) is 14.7. The van der Waals surface area contributed by atoms with Crippen LogP contribution >= 0.6 is 11.6 Å². The molecule has 0 unspecified atom stereocenters. The molecular weight excluding hydrogens is 539 g/mol. The highest BCUT2D eigenvalue weighted by Crippen LogP contribution is 2.37. The lowest BCUT2D eigenvalue weighted by atomic mass is 9.96. The predicted octanol–water partition coefficient (Wildman–Crippen LogP) is 6.53. The first kappa shape index (κ1) is 29.3. The van der Waals surface area contributed by atoms with Crippen LogP contribution in [0.2, 0.25) is 5.02 Å². The second kappa shape index (κ2) is 11.1. The van der Waals surface area contributed by atoms with E-state index in [1.54, 1.807) is 31.5 Å². The van der Waals surface area contributed by atoms with E-state index in [4.69, 9.17) is 18.0 Å². The average Bonchev–Trinajstić information content (AvgIpc) is 3.36. The van der Waals surface area contributed by atoms with Gasteiger partial charge in [0, 0.05) is 41.3 Å². The fourth-order valence-electron chi connectivity index (χ4n) is 4.22. The van der Waals surface area contributed by atoms with Gasteiger partial charge in [0.2, 0.25) is 5.95 Å². The number of hydrazine groups is 2. The maximum atomic E-state index is 13.9. The van der Waals surface area contributed by atoms with Gasteiger partial charge in [0.25, 0.3) is 6.43 Å². The van der Waals surface area contributed by atoms with E-state index in [0.717, 1.165) is 5.69 Å². The van der Waals surface area contributed by atoms with E-state index in [0.29, 0.717) is 50.7 Å². The van der Waals surface area contributed by atoms with Crippen molar-refractivity contribution in [1.29, 1.82) is 0 Å². The maximum Gasteiger partial charge on any atom is 0.262 e. The molecule has 0 bridgehead atoms. The molecule has 7 nitrogen and oxygen atoms in total. The van der Waals surface area contributed by atoms with Gasteiger partial charge in [-0.1, -0.05) is 44.4 Å². The van der Waals surface area contributed by atoms with Gasteiger partial charge in [-0.15, -0.1) is 12.0 Å². The van der Waals surface area contributed by atoms with E-state index in [1.165, 1.54) is 24.9 Å². The monoisotopic (exact) mass is 571 g/mol. The van der Waals surface area contributed by atoms with Crippen LogP contribution in [0.15, 0.2) is 42.4 Å². The summed E-state index contributed by atoms with van der Waals surface area (Å²) < 4.78 is 41.4. The van der Waals surface area contributed by atoms with Gasteiger partial charge in [0.15, 0.2) is 0 Å². The molecule has 4 N–H and O–H groups in total. The number of terminal acetylenes is 1. The number of hydrogen-bond acceptors (Lipinski definition) is 7. The molecule has 1 aliphatic heterocycles. The van der Waals surface area contributed by atoms with Gasteiger partial charge < -0.3 is 16.1 Å². The van der Waals surface area contributed by atoms with E-state index < -0.39 is 24.0 Å². The van der Waals surface area contributed by atoms with Crippen molar-refractivity contribution in [3.63, 3.8) is 0 Å². The summed E-state index contributed by atoms with van der Waals surface area (Å²) in [7, 11) is 0. The summed E-state index contributed by atoms with van der Waals surface area (Å²) in [5.74, 6) is 2.07. The third-order valence-corrected chi connectivity index (χ3v) is 6.93. The zero-order chi connectivity index (χ0) is 29.4. The molecule has 0 radical (unpaired) electrons. The van der Waals surface area contributed by atoms with Crippen LogP contribution in [-0.2, 0) is 0 Å². The Balaban J connectivity index is 1.82. The zero-order valence-corrected chi connectivity index (χ0v) is 24.0. The topological polar surface area (TPSA) is 77.1 Å². The molecule has 3 aromatic rings. The van der Waals surface area contributed by atoms with Crippen LogP contribution in [0.4, 0.5) is 24.5 Å². The van der Waals surface area contributed by atoms with Gasteiger partial charge in [0.1, 0.15) is 5.54 Å². The third-order valence-electron chi connectivity index (χ3n) is 6.65. The summed E-state index contributed by atoms with van der Waals surface area (Å²) in [4.78, 5) is 8.46. The summed E-state index contributed by atoms with van der Waals surface area (Å²) in [5.41, 5.74) is 8.34. The van der Waals surface area contributed by atoms with Gasteiger partial charge in [-0.05, 0) is 44.4 Å². The van der Waals surface area contributed by atoms with Crippen LogP contribution in [-0.4, -0.2) is 33.5 Å². The molecule has 1 aromatic carbocycles. The van der Waals surface area contributed by atoms with Gasteiger partial charge in [-0.25, -0.2) is 13.8 Å². The van der Waals surface area contributed by atoms with E-state index in [9.17, 15) is 13.2 Å². The third kappa shape index (κ3) is 6.06. The molecule has 0 amide bonds. The first-order chi connectivity index (χ1) is 18.7. The van der Waals surface area contributed by atoms with Crippen molar-refractivity contribution in [2.24, 2.45) is 5.41 Å². The molecule has 212 valence electrons. The molecule has 0 spiro atoms. The summed E-state index contributed by atoms with van der Waals surface area (Å²) in [6, 6.07) is 5.83. The highest BCUT2D eigenvalue weighted by Gasteiger charge is 2.38. The van der Waals surface area contributed by atoms with Crippen molar-refractivity contribution in [2.75, 3.05) is 17.2 Å². The second-order valence-corrected chi connectivity index (χ2v) is 11.9. The molecule has 4 rings (SSSR count). The smallest absolute Gasteiger partial charge is 0.262 e. The van der Waals surface area contributed by atoms with Crippen molar-refractivity contribution in [1.82, 2.24) is 25.9 Å². The summed E-state index contributed by atoms with van der Waals surface area (Å²) in [6.45, 7) is 11.5. The number of rotatable bonds is 8. The minimum Gasteiger partial charge on any atom is -0.383 e. The molecule has 11 heteroatoms. The molecule has 0 saturated carbocycles. The molecular formula is C29H33ClF3N7. The van der Waals surface area contributed by atoms with Crippen LogP contribution in [0.25, 0.3) is 10.9 Å². The summed E-state index contributed by atoms with van der Waals surface area (Å²) in [5, 5.41) is 9.30. The van der Waals surface area contributed by atoms with E-state index >= 15 is 0 Å². The maximum absolute atomic E-state index is 13.9. The molecule has 0 fully saturated rings. The molecule has 0 saturated heterocycles. The van der Waals surface area contributed by atoms with Gasteiger partial charge in [0.05, 0.1) is 33.5 Å². The first-order valence-corrected chi connectivity index (χ1v) is 13.1. The van der Waals surface area contributed by atoms with Crippen molar-refractivity contribution in [3.05, 3.63) is 70.2 Å². The van der Waals surface area contributed by atoms with Crippen LogP contribution in [0.5, 0.6) is 0 Å². The second-order valence-electron chi connectivity index (χ2n) is 11.5. The van der Waals surface area contributed by atoms with Crippen molar-refractivity contribution < 1.29 is 13.2 Å². The number of hydrogen-bond donors (Lipinski definition) is 4. The summed E-state index contributed by atoms with van der Waals surface area (Å²) in [6.07, 6.45) is 6.34.